The van der Waals surface area contributed by atoms with Gasteiger partial charge in [-0.2, -0.15) is 5.10 Å². The van der Waals surface area contributed by atoms with Crippen LogP contribution in [-0.2, 0) is 24.2 Å². The summed E-state index contributed by atoms with van der Waals surface area (Å²) >= 11 is 5.79. The summed E-state index contributed by atoms with van der Waals surface area (Å²) in [6, 6.07) is 8.40. The van der Waals surface area contributed by atoms with Crippen LogP contribution >= 0.6 is 11.6 Å². The Morgan fingerprint density at radius 3 is 2.93 bits per heavy atom. The molecular weight excluding hydrogens is 405 g/mol. The van der Waals surface area contributed by atoms with E-state index in [1.165, 1.54) is 12.1 Å². The molecule has 1 aromatic carbocycles. The van der Waals surface area contributed by atoms with Gasteiger partial charge in [0.15, 0.2) is 5.82 Å². The first-order chi connectivity index (χ1) is 14.6. The van der Waals surface area contributed by atoms with E-state index in [4.69, 9.17) is 11.6 Å². The fourth-order valence-corrected chi connectivity index (χ4v) is 4.02. The van der Waals surface area contributed by atoms with Gasteiger partial charge in [0.25, 0.3) is 0 Å². The van der Waals surface area contributed by atoms with Crippen molar-refractivity contribution in [2.45, 2.75) is 44.7 Å². The van der Waals surface area contributed by atoms with Gasteiger partial charge < -0.3 is 5.32 Å². The quantitative estimate of drug-likeness (QED) is 0.650. The zero-order valence-corrected chi connectivity index (χ0v) is 17.1. The monoisotopic (exact) mass is 425 g/mol. The number of carbonyl (C=O) groups excluding carboxylic acids is 1. The first-order valence-corrected chi connectivity index (χ1v) is 10.6. The molecule has 154 valence electrons. The number of benzene rings is 1. The molecular formula is C22H21ClFN5O. The van der Waals surface area contributed by atoms with Crippen molar-refractivity contribution in [3.05, 3.63) is 64.5 Å². The van der Waals surface area contributed by atoms with Crippen LogP contribution in [0.15, 0.2) is 36.5 Å². The first kappa shape index (κ1) is 19.2. The van der Waals surface area contributed by atoms with E-state index in [2.05, 4.69) is 20.4 Å². The summed E-state index contributed by atoms with van der Waals surface area (Å²) in [5.41, 5.74) is 2.68. The molecule has 2 aliphatic rings. The summed E-state index contributed by atoms with van der Waals surface area (Å²) < 4.78 is 15.7. The fourth-order valence-electron chi connectivity index (χ4n) is 3.91. The lowest BCUT2D eigenvalue weighted by atomic mass is 10.1. The highest BCUT2D eigenvalue weighted by atomic mass is 35.5. The number of aromatic nitrogens is 4. The molecule has 0 spiro atoms. The molecule has 0 radical (unpaired) electrons. The van der Waals surface area contributed by atoms with Gasteiger partial charge in [0, 0.05) is 24.0 Å². The van der Waals surface area contributed by atoms with Crippen molar-refractivity contribution in [3.63, 3.8) is 0 Å². The molecule has 0 unspecified atom stereocenters. The number of halogens is 2. The molecule has 6 nitrogen and oxygen atoms in total. The third kappa shape index (κ3) is 3.94. The van der Waals surface area contributed by atoms with Gasteiger partial charge in [-0.3, -0.25) is 9.78 Å². The second kappa shape index (κ2) is 7.80. The maximum Gasteiger partial charge on any atom is 0.228 e. The van der Waals surface area contributed by atoms with Crippen LogP contribution in [0.4, 0.5) is 4.39 Å². The Morgan fingerprint density at radius 2 is 2.13 bits per heavy atom. The second-order valence-electron chi connectivity index (χ2n) is 7.98. The summed E-state index contributed by atoms with van der Waals surface area (Å²) in [7, 11) is 0. The predicted octanol–water partition coefficient (Wildman–Crippen LogP) is 3.89. The van der Waals surface area contributed by atoms with E-state index in [0.29, 0.717) is 23.1 Å². The Kier molecular flexibility index (Phi) is 4.98. The van der Waals surface area contributed by atoms with Gasteiger partial charge in [-0.1, -0.05) is 17.7 Å². The number of fused-ring (bicyclic) bond motifs is 1. The van der Waals surface area contributed by atoms with Crippen LogP contribution in [0.25, 0.3) is 11.4 Å². The van der Waals surface area contributed by atoms with E-state index in [-0.39, 0.29) is 23.4 Å². The molecule has 5 rings (SSSR count). The zero-order valence-electron chi connectivity index (χ0n) is 16.3. The van der Waals surface area contributed by atoms with Gasteiger partial charge in [0.1, 0.15) is 11.6 Å². The summed E-state index contributed by atoms with van der Waals surface area (Å²) in [4.78, 5) is 21.7. The zero-order chi connectivity index (χ0) is 20.7. The predicted molar refractivity (Wildman–Crippen MR) is 110 cm³/mol. The summed E-state index contributed by atoms with van der Waals surface area (Å²) in [6.07, 6.45) is 5.93. The number of carbonyl (C=O) groups is 1. The smallest absolute Gasteiger partial charge is 0.228 e. The maximum absolute atomic E-state index is 13.9. The van der Waals surface area contributed by atoms with E-state index in [9.17, 15) is 9.18 Å². The topological polar surface area (TPSA) is 72.7 Å². The highest BCUT2D eigenvalue weighted by molar-refractivity contribution is 6.30. The average molecular weight is 426 g/mol. The lowest BCUT2D eigenvalue weighted by Crippen LogP contribution is -2.29. The molecule has 30 heavy (non-hydrogen) atoms. The molecule has 0 aliphatic heterocycles. The molecule has 0 bridgehead atoms. The van der Waals surface area contributed by atoms with Crippen LogP contribution in [0, 0.1) is 11.7 Å². The summed E-state index contributed by atoms with van der Waals surface area (Å²) in [6.45, 7) is 0.724. The molecule has 0 saturated heterocycles. The van der Waals surface area contributed by atoms with Crippen LogP contribution in [-0.4, -0.2) is 25.7 Å². The lowest BCUT2D eigenvalue weighted by molar-refractivity contribution is -0.121. The number of pyridine rings is 1. The lowest BCUT2D eigenvalue weighted by Gasteiger charge is -2.13. The molecule has 2 heterocycles. The largest absolute Gasteiger partial charge is 0.349 e. The van der Waals surface area contributed by atoms with Crippen molar-refractivity contribution < 1.29 is 9.18 Å². The number of rotatable bonds is 6. The number of aryl methyl sites for hydroxylation is 1. The summed E-state index contributed by atoms with van der Waals surface area (Å²) in [5, 5.41) is 7.72. The molecule has 1 saturated carbocycles. The minimum absolute atomic E-state index is 0.0224. The van der Waals surface area contributed by atoms with Crippen molar-refractivity contribution in [2.24, 2.45) is 5.92 Å². The molecule has 1 fully saturated rings. The van der Waals surface area contributed by atoms with Gasteiger partial charge in [0.2, 0.25) is 5.91 Å². The number of hydrogen-bond donors (Lipinski definition) is 1. The highest BCUT2D eigenvalue weighted by Crippen LogP contribution is 2.32. The van der Waals surface area contributed by atoms with Crippen molar-refractivity contribution >= 4 is 17.5 Å². The SMILES string of the molecule is O=C(Cc1nc(-c2ccc(Cl)c(F)c2)nn1CC1CC1)N[C@H]1CCc2ncccc21. The molecule has 2 aliphatic carbocycles. The Bertz CT molecular complexity index is 1110. The average Bonchev–Trinajstić information content (AvgIpc) is 3.34. The third-order valence-corrected chi connectivity index (χ3v) is 5.99. The van der Waals surface area contributed by atoms with Crippen LogP contribution in [0.2, 0.25) is 5.02 Å². The Hall–Kier alpha value is -2.80. The van der Waals surface area contributed by atoms with E-state index >= 15 is 0 Å². The fraction of sp³-hybridized carbons (Fsp3) is 0.364. The van der Waals surface area contributed by atoms with Crippen LogP contribution in [0.3, 0.4) is 0 Å². The van der Waals surface area contributed by atoms with Gasteiger partial charge >= 0.3 is 0 Å². The molecule has 3 aromatic rings. The minimum Gasteiger partial charge on any atom is -0.349 e. The van der Waals surface area contributed by atoms with Crippen molar-refractivity contribution in [2.75, 3.05) is 0 Å². The maximum atomic E-state index is 13.9. The van der Waals surface area contributed by atoms with E-state index in [1.54, 1.807) is 16.9 Å². The third-order valence-electron chi connectivity index (χ3n) is 5.68. The normalized spacial score (nSPS) is 17.7. The van der Waals surface area contributed by atoms with Crippen molar-refractivity contribution in [1.82, 2.24) is 25.1 Å². The highest BCUT2D eigenvalue weighted by Gasteiger charge is 2.27. The molecule has 1 atom stereocenters. The number of nitrogens with zero attached hydrogens (tertiary/aromatic N) is 4. The number of hydrogen-bond acceptors (Lipinski definition) is 4. The Balaban J connectivity index is 1.35. The second-order valence-corrected chi connectivity index (χ2v) is 8.39. The number of nitrogens with one attached hydrogen (secondary N) is 1. The van der Waals surface area contributed by atoms with Gasteiger partial charge in [-0.05, 0) is 61.4 Å². The standard InChI is InChI=1S/C22H21ClFN5O/c23-16-6-5-14(10-17(16)24)22-27-20(29(28-22)12-13-3-4-13)11-21(30)26-19-8-7-18-15(19)2-1-9-25-18/h1-2,5-6,9-10,13,19H,3-4,7-8,11-12H2,(H,26,30)/t19-/m0/s1. The Labute approximate surface area is 178 Å². The van der Waals surface area contributed by atoms with E-state index < -0.39 is 5.82 Å². The molecule has 1 N–H and O–H groups in total. The van der Waals surface area contributed by atoms with E-state index in [0.717, 1.165) is 43.5 Å². The van der Waals surface area contributed by atoms with Crippen LogP contribution < -0.4 is 5.32 Å². The van der Waals surface area contributed by atoms with Gasteiger partial charge in [0.05, 0.1) is 17.5 Å². The summed E-state index contributed by atoms with van der Waals surface area (Å²) in [5.74, 6) is 0.949. The molecule has 8 heteroatoms. The van der Waals surface area contributed by atoms with Crippen molar-refractivity contribution in [3.8, 4) is 11.4 Å². The Morgan fingerprint density at radius 1 is 1.27 bits per heavy atom. The van der Waals surface area contributed by atoms with Gasteiger partial charge in [-0.15, -0.1) is 0 Å². The molecule has 2 aromatic heterocycles. The van der Waals surface area contributed by atoms with Crippen LogP contribution in [0.1, 0.15) is 42.4 Å². The minimum atomic E-state index is -0.513. The van der Waals surface area contributed by atoms with Gasteiger partial charge in [-0.25, -0.2) is 14.1 Å². The number of amides is 1. The van der Waals surface area contributed by atoms with Crippen molar-refractivity contribution in [1.29, 1.82) is 0 Å². The van der Waals surface area contributed by atoms with Crippen LogP contribution in [0.5, 0.6) is 0 Å². The van der Waals surface area contributed by atoms with E-state index in [1.807, 2.05) is 12.1 Å². The molecule has 1 amide bonds. The first-order valence-electron chi connectivity index (χ1n) is 10.2.